The maximum Gasteiger partial charge on any atom is 0.168 e. The first kappa shape index (κ1) is 10.1. The zero-order valence-electron chi connectivity index (χ0n) is 7.56. The van der Waals surface area contributed by atoms with Crippen LogP contribution in [0.2, 0.25) is 0 Å². The van der Waals surface area contributed by atoms with Gasteiger partial charge in [0.05, 0.1) is 11.0 Å². The van der Waals surface area contributed by atoms with Gasteiger partial charge >= 0.3 is 0 Å². The minimum atomic E-state index is -2.48. The maximum atomic E-state index is 10.5. The van der Waals surface area contributed by atoms with Crippen molar-refractivity contribution in [2.24, 2.45) is 0 Å². The third-order valence-corrected chi connectivity index (χ3v) is 2.14. The first-order chi connectivity index (χ1) is 6.09. The molecule has 1 rings (SSSR count). The molecule has 0 aromatic heterocycles. The molecule has 0 atom stereocenters. The van der Waals surface area contributed by atoms with E-state index in [1.54, 1.807) is 12.1 Å². The summed E-state index contributed by atoms with van der Waals surface area (Å²) < 4.78 is 26.4. The molecule has 0 spiro atoms. The Labute approximate surface area is 79.3 Å². The van der Waals surface area contributed by atoms with E-state index in [0.29, 0.717) is 10.6 Å². The van der Waals surface area contributed by atoms with Gasteiger partial charge in [-0.25, -0.2) is 8.42 Å². The van der Waals surface area contributed by atoms with Crippen LogP contribution in [0.1, 0.15) is 13.8 Å². The topological polar surface area (TPSA) is 43.4 Å². The third kappa shape index (κ3) is 3.06. The van der Waals surface area contributed by atoms with Crippen LogP contribution < -0.4 is 4.74 Å². The van der Waals surface area contributed by atoms with Crippen molar-refractivity contribution in [3.05, 3.63) is 24.3 Å². The fourth-order valence-electron chi connectivity index (χ4n) is 0.919. The average Bonchev–Trinajstić information content (AvgIpc) is 2.04. The number of hydrogen-bond donors (Lipinski definition) is 1. The Bertz CT molecular complexity index is 330. The van der Waals surface area contributed by atoms with E-state index in [0.717, 1.165) is 0 Å². The highest BCUT2D eigenvalue weighted by molar-refractivity contribution is 7.72. The van der Waals surface area contributed by atoms with Crippen molar-refractivity contribution < 1.29 is 13.2 Å². The number of hydrogen-bond acceptors (Lipinski definition) is 3. The van der Waals surface area contributed by atoms with Crippen molar-refractivity contribution in [3.8, 4) is 5.75 Å². The molecule has 0 saturated carbocycles. The van der Waals surface area contributed by atoms with Crippen LogP contribution in [-0.4, -0.2) is 14.5 Å². The van der Waals surface area contributed by atoms with Crippen LogP contribution in [0.15, 0.2) is 29.2 Å². The Balaban J connectivity index is 2.81. The Morgan fingerprint density at radius 2 is 1.69 bits per heavy atom. The minimum absolute atomic E-state index is 0.104. The molecule has 3 nitrogen and oxygen atoms in total. The van der Waals surface area contributed by atoms with E-state index in [4.69, 9.17) is 4.74 Å². The predicted octanol–water partition coefficient (Wildman–Crippen LogP) is 1.44. The second-order valence-corrected chi connectivity index (χ2v) is 3.95. The normalized spacial score (nSPS) is 10.8. The standard InChI is InChI=1S/C9H12O3S/c1-7(2)12-8-3-5-9(6-4-8)13(10)11/h3-7,13H,1-2H3. The molecule has 0 aliphatic heterocycles. The molecule has 0 aliphatic rings. The lowest BCUT2D eigenvalue weighted by molar-refractivity contribution is 0.242. The Morgan fingerprint density at radius 1 is 1.15 bits per heavy atom. The first-order valence-corrected chi connectivity index (χ1v) is 5.18. The number of thiol groups is 1. The van der Waals surface area contributed by atoms with Crippen molar-refractivity contribution in [1.82, 2.24) is 0 Å². The van der Waals surface area contributed by atoms with Gasteiger partial charge in [0, 0.05) is 0 Å². The molecule has 0 radical (unpaired) electrons. The summed E-state index contributed by atoms with van der Waals surface area (Å²) in [5.41, 5.74) is 0. The summed E-state index contributed by atoms with van der Waals surface area (Å²) in [5, 5.41) is 0. The zero-order chi connectivity index (χ0) is 9.84. The highest BCUT2D eigenvalue weighted by Crippen LogP contribution is 2.14. The minimum Gasteiger partial charge on any atom is -0.491 e. The van der Waals surface area contributed by atoms with Gasteiger partial charge in [0.25, 0.3) is 0 Å². The zero-order valence-corrected chi connectivity index (χ0v) is 8.45. The second-order valence-electron chi connectivity index (χ2n) is 2.92. The molecule has 0 saturated heterocycles. The van der Waals surface area contributed by atoms with Crippen molar-refractivity contribution in [3.63, 3.8) is 0 Å². The Kier molecular flexibility index (Phi) is 3.31. The quantitative estimate of drug-likeness (QED) is 0.751. The van der Waals surface area contributed by atoms with E-state index in [9.17, 15) is 8.42 Å². The van der Waals surface area contributed by atoms with Crippen LogP contribution in [0.25, 0.3) is 0 Å². The molecular weight excluding hydrogens is 188 g/mol. The molecule has 0 fully saturated rings. The molecule has 0 amide bonds. The fraction of sp³-hybridized carbons (Fsp3) is 0.333. The lowest BCUT2D eigenvalue weighted by Gasteiger charge is -2.08. The molecule has 1 aromatic rings. The summed E-state index contributed by atoms with van der Waals surface area (Å²) in [7, 11) is -2.48. The van der Waals surface area contributed by atoms with Crippen molar-refractivity contribution in [2.45, 2.75) is 24.8 Å². The maximum absolute atomic E-state index is 10.5. The van der Waals surface area contributed by atoms with Crippen LogP contribution >= 0.6 is 0 Å². The summed E-state index contributed by atoms with van der Waals surface area (Å²) in [5.74, 6) is 0.690. The van der Waals surface area contributed by atoms with Crippen LogP contribution in [0.3, 0.4) is 0 Å². The summed E-state index contributed by atoms with van der Waals surface area (Å²) in [6.07, 6.45) is 0.104. The average molecular weight is 200 g/mol. The van der Waals surface area contributed by atoms with Gasteiger partial charge in [0.2, 0.25) is 0 Å². The van der Waals surface area contributed by atoms with E-state index in [1.165, 1.54) is 12.1 Å². The van der Waals surface area contributed by atoms with Gasteiger partial charge in [-0.05, 0) is 38.1 Å². The highest BCUT2D eigenvalue weighted by Gasteiger charge is 1.98. The van der Waals surface area contributed by atoms with E-state index < -0.39 is 10.7 Å². The van der Waals surface area contributed by atoms with Crippen LogP contribution in [-0.2, 0) is 10.7 Å². The summed E-state index contributed by atoms with van der Waals surface area (Å²) in [4.78, 5) is 0.311. The lowest BCUT2D eigenvalue weighted by atomic mass is 10.3. The van der Waals surface area contributed by atoms with E-state index in [1.807, 2.05) is 13.8 Å². The van der Waals surface area contributed by atoms with Gasteiger partial charge in [-0.15, -0.1) is 0 Å². The van der Waals surface area contributed by atoms with Gasteiger partial charge in [-0.2, -0.15) is 0 Å². The van der Waals surface area contributed by atoms with E-state index >= 15 is 0 Å². The van der Waals surface area contributed by atoms with Crippen molar-refractivity contribution >= 4 is 10.7 Å². The Morgan fingerprint density at radius 3 is 2.08 bits per heavy atom. The fourth-order valence-corrected chi connectivity index (χ4v) is 1.31. The second kappa shape index (κ2) is 4.28. The number of benzene rings is 1. The van der Waals surface area contributed by atoms with Gasteiger partial charge in [0.1, 0.15) is 5.75 Å². The van der Waals surface area contributed by atoms with E-state index in [2.05, 4.69) is 0 Å². The molecule has 13 heavy (non-hydrogen) atoms. The monoisotopic (exact) mass is 200 g/mol. The molecule has 0 heterocycles. The molecule has 0 unspecified atom stereocenters. The van der Waals surface area contributed by atoms with Crippen LogP contribution in [0.4, 0.5) is 0 Å². The molecular formula is C9H12O3S. The van der Waals surface area contributed by atoms with Crippen LogP contribution in [0, 0.1) is 0 Å². The van der Waals surface area contributed by atoms with Gasteiger partial charge in [-0.3, -0.25) is 0 Å². The largest absolute Gasteiger partial charge is 0.491 e. The molecule has 0 bridgehead atoms. The number of rotatable bonds is 3. The SMILES string of the molecule is CC(C)Oc1ccc([SH](=O)=O)cc1. The van der Waals surface area contributed by atoms with Gasteiger partial charge in [-0.1, -0.05) is 0 Å². The third-order valence-electron chi connectivity index (χ3n) is 1.42. The lowest BCUT2D eigenvalue weighted by Crippen LogP contribution is -2.05. The molecule has 0 aliphatic carbocycles. The van der Waals surface area contributed by atoms with Crippen LogP contribution in [0.5, 0.6) is 5.75 Å². The number of ether oxygens (including phenoxy) is 1. The summed E-state index contributed by atoms with van der Waals surface area (Å²) in [6, 6.07) is 6.37. The van der Waals surface area contributed by atoms with Gasteiger partial charge < -0.3 is 4.74 Å². The molecule has 72 valence electrons. The molecule has 0 N–H and O–H groups in total. The molecule has 1 aromatic carbocycles. The smallest absolute Gasteiger partial charge is 0.168 e. The Hall–Kier alpha value is -1.03. The van der Waals surface area contributed by atoms with Gasteiger partial charge in [0.15, 0.2) is 10.7 Å². The van der Waals surface area contributed by atoms with Crippen molar-refractivity contribution in [1.29, 1.82) is 0 Å². The first-order valence-electron chi connectivity index (χ1n) is 4.00. The highest BCUT2D eigenvalue weighted by atomic mass is 32.2. The van der Waals surface area contributed by atoms with Crippen molar-refractivity contribution in [2.75, 3.05) is 0 Å². The summed E-state index contributed by atoms with van der Waals surface area (Å²) in [6.45, 7) is 3.84. The summed E-state index contributed by atoms with van der Waals surface area (Å²) >= 11 is 0. The predicted molar refractivity (Wildman–Crippen MR) is 50.8 cm³/mol. The van der Waals surface area contributed by atoms with E-state index in [-0.39, 0.29) is 6.10 Å². The molecule has 4 heteroatoms.